The molecule has 1 aromatic carbocycles. The Morgan fingerprint density at radius 2 is 2.00 bits per heavy atom. The van der Waals surface area contributed by atoms with Crippen LogP contribution in [-0.4, -0.2) is 30.8 Å². The summed E-state index contributed by atoms with van der Waals surface area (Å²) < 4.78 is 32.4. The van der Waals surface area contributed by atoms with Gasteiger partial charge >= 0.3 is 0 Å². The van der Waals surface area contributed by atoms with Crippen LogP contribution >= 0.6 is 0 Å². The molecule has 3 aromatic rings. The zero-order valence-electron chi connectivity index (χ0n) is 14.1. The molecule has 0 bridgehead atoms. The number of furan rings is 1. The topological polar surface area (TPSA) is 83.4 Å². The summed E-state index contributed by atoms with van der Waals surface area (Å²) in [5.41, 5.74) is 0.395. The second-order valence-corrected chi connectivity index (χ2v) is 8.06. The van der Waals surface area contributed by atoms with Crippen LogP contribution in [0.15, 0.2) is 62.8 Å². The minimum absolute atomic E-state index is 0.179. The molecule has 0 aliphatic carbocycles. The number of aryl methyl sites for hydroxylation is 1. The van der Waals surface area contributed by atoms with Crippen molar-refractivity contribution in [3.63, 3.8) is 0 Å². The van der Waals surface area contributed by atoms with Crippen molar-refractivity contribution in [2.75, 3.05) is 7.05 Å². The van der Waals surface area contributed by atoms with Crippen molar-refractivity contribution < 1.29 is 12.8 Å². The van der Waals surface area contributed by atoms with E-state index in [9.17, 15) is 13.2 Å². The molecule has 2 aromatic heterocycles. The van der Waals surface area contributed by atoms with Gasteiger partial charge in [-0.15, -0.1) is 0 Å². The van der Waals surface area contributed by atoms with Crippen LogP contribution in [0, 0.1) is 0 Å². The lowest BCUT2D eigenvalue weighted by Crippen LogP contribution is -2.35. The van der Waals surface area contributed by atoms with Crippen LogP contribution < -0.4 is 5.56 Å². The molecule has 2 heterocycles. The normalized spacial score (nSPS) is 13.4. The van der Waals surface area contributed by atoms with Gasteiger partial charge in [0.05, 0.1) is 11.2 Å². The lowest BCUT2D eigenvalue weighted by molar-refractivity contribution is 0.361. The number of benzene rings is 1. The van der Waals surface area contributed by atoms with Gasteiger partial charge in [-0.25, -0.2) is 8.42 Å². The number of sulfonamides is 1. The van der Waals surface area contributed by atoms with Gasteiger partial charge in [0.1, 0.15) is 5.76 Å². The predicted octanol–water partition coefficient (Wildman–Crippen LogP) is 2.76. The van der Waals surface area contributed by atoms with Crippen molar-refractivity contribution in [3.05, 3.63) is 64.8 Å². The number of aromatic nitrogens is 1. The SMILES string of the molecule is C[C@@H](CCc1ccco1)N(C)S(=O)(=O)c1ccc2[nH]c(=O)ccc2c1. The molecule has 0 fully saturated rings. The van der Waals surface area contributed by atoms with Gasteiger partial charge in [-0.1, -0.05) is 0 Å². The van der Waals surface area contributed by atoms with Crippen LogP contribution in [0.1, 0.15) is 19.1 Å². The Labute approximate surface area is 146 Å². The van der Waals surface area contributed by atoms with Crippen molar-refractivity contribution in [2.45, 2.75) is 30.7 Å². The van der Waals surface area contributed by atoms with E-state index in [0.717, 1.165) is 5.76 Å². The van der Waals surface area contributed by atoms with E-state index in [-0.39, 0.29) is 16.5 Å². The quantitative estimate of drug-likeness (QED) is 0.733. The van der Waals surface area contributed by atoms with E-state index in [1.165, 1.54) is 16.4 Å². The van der Waals surface area contributed by atoms with Gasteiger partial charge in [-0.2, -0.15) is 4.31 Å². The number of hydrogen-bond acceptors (Lipinski definition) is 4. The lowest BCUT2D eigenvalue weighted by Gasteiger charge is -2.24. The molecule has 132 valence electrons. The third-order valence-corrected chi connectivity index (χ3v) is 6.35. The number of nitrogens with zero attached hydrogens (tertiary/aromatic N) is 1. The summed E-state index contributed by atoms with van der Waals surface area (Å²) in [7, 11) is -2.04. The van der Waals surface area contributed by atoms with E-state index in [2.05, 4.69) is 4.98 Å². The van der Waals surface area contributed by atoms with E-state index < -0.39 is 10.0 Å². The second kappa shape index (κ2) is 6.85. The number of fused-ring (bicyclic) bond motifs is 1. The number of pyridine rings is 1. The highest BCUT2D eigenvalue weighted by molar-refractivity contribution is 7.89. The highest BCUT2D eigenvalue weighted by atomic mass is 32.2. The fraction of sp³-hybridized carbons (Fsp3) is 0.278. The molecule has 0 aliphatic rings. The van der Waals surface area contributed by atoms with Gasteiger partial charge in [0, 0.05) is 31.1 Å². The van der Waals surface area contributed by atoms with Crippen molar-refractivity contribution in [1.82, 2.24) is 9.29 Å². The Balaban J connectivity index is 1.81. The van der Waals surface area contributed by atoms with Crippen LogP contribution in [0.3, 0.4) is 0 Å². The van der Waals surface area contributed by atoms with Crippen LogP contribution in [0.25, 0.3) is 10.9 Å². The number of hydrogen-bond donors (Lipinski definition) is 1. The zero-order valence-corrected chi connectivity index (χ0v) is 14.9. The van der Waals surface area contributed by atoms with Gasteiger partial charge in [0.25, 0.3) is 0 Å². The average Bonchev–Trinajstić information content (AvgIpc) is 3.11. The van der Waals surface area contributed by atoms with Crippen LogP contribution in [-0.2, 0) is 16.4 Å². The minimum atomic E-state index is -3.62. The van der Waals surface area contributed by atoms with E-state index >= 15 is 0 Å². The van der Waals surface area contributed by atoms with Crippen LogP contribution in [0.4, 0.5) is 0 Å². The molecule has 0 saturated heterocycles. The molecule has 6 nitrogen and oxygen atoms in total. The molecule has 25 heavy (non-hydrogen) atoms. The van der Waals surface area contributed by atoms with E-state index in [1.54, 1.807) is 31.5 Å². The zero-order chi connectivity index (χ0) is 18.0. The van der Waals surface area contributed by atoms with Crippen molar-refractivity contribution in [3.8, 4) is 0 Å². The largest absolute Gasteiger partial charge is 0.469 e. The van der Waals surface area contributed by atoms with E-state index in [0.29, 0.717) is 23.7 Å². The Morgan fingerprint density at radius 1 is 1.20 bits per heavy atom. The van der Waals surface area contributed by atoms with Gasteiger partial charge in [0.2, 0.25) is 15.6 Å². The number of nitrogens with one attached hydrogen (secondary N) is 1. The van der Waals surface area contributed by atoms with Gasteiger partial charge in [-0.05, 0) is 55.1 Å². The molecular weight excluding hydrogens is 340 g/mol. The van der Waals surface area contributed by atoms with Crippen molar-refractivity contribution >= 4 is 20.9 Å². The maximum absolute atomic E-state index is 12.9. The first-order chi connectivity index (χ1) is 11.9. The van der Waals surface area contributed by atoms with Gasteiger partial charge in [-0.3, -0.25) is 4.79 Å². The van der Waals surface area contributed by atoms with Crippen LogP contribution in [0.5, 0.6) is 0 Å². The third kappa shape index (κ3) is 3.67. The van der Waals surface area contributed by atoms with Gasteiger partial charge < -0.3 is 9.40 Å². The first kappa shape index (κ1) is 17.4. The first-order valence-corrected chi connectivity index (χ1v) is 9.45. The molecule has 0 unspecified atom stereocenters. The molecule has 0 saturated carbocycles. The molecule has 3 rings (SSSR count). The van der Waals surface area contributed by atoms with Gasteiger partial charge in [0.15, 0.2) is 0 Å². The monoisotopic (exact) mass is 360 g/mol. The second-order valence-electron chi connectivity index (χ2n) is 6.06. The summed E-state index contributed by atoms with van der Waals surface area (Å²) in [6.07, 6.45) is 2.94. The Bertz CT molecular complexity index is 1020. The highest BCUT2D eigenvalue weighted by Gasteiger charge is 2.25. The molecule has 1 atom stereocenters. The summed E-state index contributed by atoms with van der Waals surface area (Å²) in [5, 5.41) is 0.678. The molecular formula is C18H20N2O4S. The maximum atomic E-state index is 12.9. The lowest BCUT2D eigenvalue weighted by atomic mass is 10.1. The fourth-order valence-corrected chi connectivity index (χ4v) is 4.11. The molecule has 1 N–H and O–H groups in total. The standard InChI is InChI=1S/C18H20N2O4S/c1-13(5-7-15-4-3-11-24-15)20(2)25(22,23)16-8-9-17-14(12-16)6-10-18(21)19-17/h3-4,6,8-13H,5,7H2,1-2H3,(H,19,21)/t13-/m0/s1. The molecule has 0 aliphatic heterocycles. The molecule has 0 spiro atoms. The summed E-state index contributed by atoms with van der Waals surface area (Å²) in [6.45, 7) is 1.87. The highest BCUT2D eigenvalue weighted by Crippen LogP contribution is 2.22. The van der Waals surface area contributed by atoms with Crippen molar-refractivity contribution in [1.29, 1.82) is 0 Å². The molecule has 0 radical (unpaired) electrons. The Hall–Kier alpha value is -2.38. The molecule has 0 amide bonds. The smallest absolute Gasteiger partial charge is 0.248 e. The molecule has 7 heteroatoms. The van der Waals surface area contributed by atoms with E-state index in [4.69, 9.17) is 4.42 Å². The van der Waals surface area contributed by atoms with Crippen LogP contribution in [0.2, 0.25) is 0 Å². The Morgan fingerprint density at radius 3 is 2.72 bits per heavy atom. The summed E-state index contributed by atoms with van der Waals surface area (Å²) in [5.74, 6) is 0.840. The summed E-state index contributed by atoms with van der Waals surface area (Å²) in [6, 6.07) is 11.2. The average molecular weight is 360 g/mol. The number of H-pyrrole nitrogens is 1. The fourth-order valence-electron chi connectivity index (χ4n) is 2.68. The summed E-state index contributed by atoms with van der Waals surface area (Å²) >= 11 is 0. The van der Waals surface area contributed by atoms with E-state index in [1.807, 2.05) is 19.1 Å². The first-order valence-electron chi connectivity index (χ1n) is 8.01. The number of rotatable bonds is 6. The summed E-state index contributed by atoms with van der Waals surface area (Å²) in [4.78, 5) is 14.2. The third-order valence-electron chi connectivity index (χ3n) is 4.38. The Kier molecular flexibility index (Phi) is 4.78. The maximum Gasteiger partial charge on any atom is 0.248 e. The minimum Gasteiger partial charge on any atom is -0.469 e. The van der Waals surface area contributed by atoms with Crippen molar-refractivity contribution in [2.24, 2.45) is 0 Å². The number of aromatic amines is 1. The predicted molar refractivity (Wildman–Crippen MR) is 96.0 cm³/mol.